The third-order valence-electron chi connectivity index (χ3n) is 5.52. The lowest BCUT2D eigenvalue weighted by Crippen LogP contribution is -2.26. The molecular weight excluding hydrogens is 366 g/mol. The van der Waals surface area contributed by atoms with Gasteiger partial charge >= 0.3 is 0 Å². The van der Waals surface area contributed by atoms with Crippen LogP contribution in [0.2, 0.25) is 0 Å². The number of hydrogen-bond donors (Lipinski definition) is 2. The molecule has 7 nitrogen and oxygen atoms in total. The fourth-order valence-electron chi connectivity index (χ4n) is 3.96. The Labute approximate surface area is 167 Å². The van der Waals surface area contributed by atoms with Crippen molar-refractivity contribution >= 4 is 16.9 Å². The second-order valence-corrected chi connectivity index (χ2v) is 7.28. The van der Waals surface area contributed by atoms with Crippen LogP contribution < -0.4 is 10.1 Å². The molecular formula is C22H21N5O2. The van der Waals surface area contributed by atoms with Gasteiger partial charge in [0.2, 0.25) is 0 Å². The van der Waals surface area contributed by atoms with Gasteiger partial charge in [-0.25, -0.2) is 9.97 Å². The molecule has 2 aromatic heterocycles. The zero-order valence-electron chi connectivity index (χ0n) is 16.3. The van der Waals surface area contributed by atoms with Crippen molar-refractivity contribution in [3.63, 3.8) is 0 Å². The number of rotatable bonds is 3. The van der Waals surface area contributed by atoms with Crippen LogP contribution in [0.5, 0.6) is 5.75 Å². The number of H-pyrrole nitrogens is 1. The van der Waals surface area contributed by atoms with Crippen molar-refractivity contribution < 1.29 is 9.53 Å². The maximum atomic E-state index is 12.7. The summed E-state index contributed by atoms with van der Waals surface area (Å²) in [4.78, 5) is 25.3. The molecule has 2 aromatic carbocycles. The number of nitrogens with one attached hydrogen (secondary N) is 2. The quantitative estimate of drug-likeness (QED) is 0.566. The van der Waals surface area contributed by atoms with Crippen molar-refractivity contribution in [1.29, 1.82) is 0 Å². The van der Waals surface area contributed by atoms with E-state index in [2.05, 4.69) is 21.4 Å². The predicted molar refractivity (Wildman–Crippen MR) is 110 cm³/mol. The Morgan fingerprint density at radius 2 is 2.00 bits per heavy atom. The van der Waals surface area contributed by atoms with Crippen molar-refractivity contribution in [1.82, 2.24) is 24.8 Å². The van der Waals surface area contributed by atoms with E-state index in [0.29, 0.717) is 30.3 Å². The third kappa shape index (κ3) is 2.95. The minimum absolute atomic E-state index is 0.129. The maximum Gasteiger partial charge on any atom is 0.271 e. The zero-order valence-corrected chi connectivity index (χ0v) is 16.3. The topological polar surface area (TPSA) is 84.8 Å². The number of para-hydroxylation sites is 2. The number of fused-ring (bicyclic) bond motifs is 2. The van der Waals surface area contributed by atoms with Crippen LogP contribution >= 0.6 is 0 Å². The molecule has 0 saturated heterocycles. The molecule has 0 spiro atoms. The lowest BCUT2D eigenvalue weighted by Gasteiger charge is -2.15. The van der Waals surface area contributed by atoms with Gasteiger partial charge in [-0.2, -0.15) is 0 Å². The number of carbonyl (C=O) groups is 1. The van der Waals surface area contributed by atoms with Gasteiger partial charge in [-0.15, -0.1) is 0 Å². The van der Waals surface area contributed by atoms with Crippen molar-refractivity contribution in [2.75, 3.05) is 13.7 Å². The molecule has 1 aliphatic heterocycles. The highest BCUT2D eigenvalue weighted by atomic mass is 16.5. The second kappa shape index (κ2) is 6.77. The van der Waals surface area contributed by atoms with Crippen molar-refractivity contribution in [2.45, 2.75) is 12.3 Å². The average Bonchev–Trinajstić information content (AvgIpc) is 3.28. The number of aromatic nitrogens is 4. The summed E-state index contributed by atoms with van der Waals surface area (Å²) in [5.74, 6) is 2.10. The van der Waals surface area contributed by atoms with Gasteiger partial charge in [-0.1, -0.05) is 24.3 Å². The molecule has 0 radical (unpaired) electrons. The fraction of sp³-hybridized carbons (Fsp3) is 0.227. The van der Waals surface area contributed by atoms with Crippen LogP contribution in [-0.4, -0.2) is 39.1 Å². The van der Waals surface area contributed by atoms with E-state index in [0.717, 1.165) is 28.0 Å². The number of carbonyl (C=O) groups excluding carboxylic acids is 1. The Balaban J connectivity index is 1.54. The van der Waals surface area contributed by atoms with E-state index in [9.17, 15) is 4.79 Å². The highest BCUT2D eigenvalue weighted by molar-refractivity contribution is 5.94. The van der Waals surface area contributed by atoms with E-state index in [1.165, 1.54) is 0 Å². The second-order valence-electron chi connectivity index (χ2n) is 7.28. The Morgan fingerprint density at radius 1 is 1.14 bits per heavy atom. The molecule has 0 aliphatic carbocycles. The molecule has 1 aliphatic rings. The fourth-order valence-corrected chi connectivity index (χ4v) is 3.96. The molecule has 1 amide bonds. The molecule has 0 unspecified atom stereocenters. The number of nitrogens with zero attached hydrogens (tertiary/aromatic N) is 3. The Hall–Kier alpha value is -3.61. The number of hydrogen-bond acceptors (Lipinski definition) is 4. The van der Waals surface area contributed by atoms with Gasteiger partial charge < -0.3 is 19.6 Å². The van der Waals surface area contributed by atoms with E-state index in [1.54, 1.807) is 7.11 Å². The molecule has 5 rings (SSSR count). The van der Waals surface area contributed by atoms with Crippen LogP contribution in [-0.2, 0) is 13.5 Å². The average molecular weight is 387 g/mol. The molecule has 3 heterocycles. The predicted octanol–water partition coefficient (Wildman–Crippen LogP) is 3.04. The third-order valence-corrected chi connectivity index (χ3v) is 5.52. The molecule has 1 atom stereocenters. The Kier molecular flexibility index (Phi) is 4.08. The smallest absolute Gasteiger partial charge is 0.271 e. The van der Waals surface area contributed by atoms with Gasteiger partial charge in [0.1, 0.15) is 11.4 Å². The number of imidazole rings is 2. The van der Waals surface area contributed by atoms with Crippen LogP contribution in [0.3, 0.4) is 0 Å². The normalized spacial score (nSPS) is 16.3. The van der Waals surface area contributed by atoms with E-state index >= 15 is 0 Å². The van der Waals surface area contributed by atoms with E-state index < -0.39 is 0 Å². The highest BCUT2D eigenvalue weighted by Crippen LogP contribution is 2.29. The lowest BCUT2D eigenvalue weighted by molar-refractivity contribution is 0.0950. The molecule has 0 saturated carbocycles. The van der Waals surface area contributed by atoms with Gasteiger partial charge in [0, 0.05) is 25.2 Å². The van der Waals surface area contributed by atoms with Gasteiger partial charge in [0.25, 0.3) is 5.91 Å². The number of amides is 1. The van der Waals surface area contributed by atoms with Crippen LogP contribution in [0.25, 0.3) is 22.7 Å². The van der Waals surface area contributed by atoms with Crippen LogP contribution in [0.15, 0.2) is 48.5 Å². The highest BCUT2D eigenvalue weighted by Gasteiger charge is 2.27. The van der Waals surface area contributed by atoms with Crippen molar-refractivity contribution in [2.24, 2.45) is 7.05 Å². The van der Waals surface area contributed by atoms with Gasteiger partial charge in [-0.3, -0.25) is 4.79 Å². The molecule has 7 heteroatoms. The number of methoxy groups -OCH3 is 1. The summed E-state index contributed by atoms with van der Waals surface area (Å²) in [5.41, 5.74) is 4.31. The monoisotopic (exact) mass is 387 g/mol. The number of aromatic amines is 1. The van der Waals surface area contributed by atoms with Crippen molar-refractivity contribution in [3.8, 4) is 17.4 Å². The summed E-state index contributed by atoms with van der Waals surface area (Å²) in [7, 11) is 3.61. The van der Waals surface area contributed by atoms with Gasteiger partial charge in [-0.05, 0) is 36.2 Å². The Bertz CT molecular complexity index is 1220. The van der Waals surface area contributed by atoms with E-state index in [-0.39, 0.29) is 11.8 Å². The number of ether oxygens (including phenoxy) is 1. The summed E-state index contributed by atoms with van der Waals surface area (Å²) in [6, 6.07) is 15.9. The first-order chi connectivity index (χ1) is 14.1. The summed E-state index contributed by atoms with van der Waals surface area (Å²) in [6.45, 7) is 0.553. The first-order valence-electron chi connectivity index (χ1n) is 9.57. The minimum Gasteiger partial charge on any atom is -0.497 e. The first-order valence-corrected chi connectivity index (χ1v) is 9.57. The molecule has 146 valence electrons. The summed E-state index contributed by atoms with van der Waals surface area (Å²) < 4.78 is 7.34. The largest absolute Gasteiger partial charge is 0.497 e. The Morgan fingerprint density at radius 3 is 2.83 bits per heavy atom. The summed E-state index contributed by atoms with van der Waals surface area (Å²) in [6.07, 6.45) is 0.679. The van der Waals surface area contributed by atoms with Gasteiger partial charge in [0.15, 0.2) is 11.6 Å². The molecule has 29 heavy (non-hydrogen) atoms. The lowest BCUT2D eigenvalue weighted by atomic mass is 9.94. The van der Waals surface area contributed by atoms with Crippen molar-refractivity contribution in [3.05, 3.63) is 65.5 Å². The number of aryl methyl sites for hydroxylation is 1. The SMILES string of the molecule is COc1cccc([C@@H]2CNC(=O)c3nc(-c4nc5ccccc5n4C)[nH]c3C2)c1. The minimum atomic E-state index is -0.160. The van der Waals surface area contributed by atoms with Crippen LogP contribution in [0, 0.1) is 0 Å². The summed E-state index contributed by atoms with van der Waals surface area (Å²) >= 11 is 0. The van der Waals surface area contributed by atoms with E-state index in [4.69, 9.17) is 9.72 Å². The molecule has 2 N–H and O–H groups in total. The number of benzene rings is 2. The van der Waals surface area contributed by atoms with Crippen LogP contribution in [0.4, 0.5) is 0 Å². The van der Waals surface area contributed by atoms with Gasteiger partial charge in [0.05, 0.1) is 18.1 Å². The first kappa shape index (κ1) is 17.5. The standard InChI is InChI=1S/C22H21N5O2/c1-27-18-9-4-3-8-16(18)25-21(27)20-24-17-11-14(12-23-22(28)19(17)26-20)13-6-5-7-15(10-13)29-2/h3-10,14H,11-12H2,1-2H3,(H,23,28)(H,24,26)/t14-/m0/s1. The maximum absolute atomic E-state index is 12.7. The molecule has 0 bridgehead atoms. The zero-order chi connectivity index (χ0) is 20.0. The molecule has 0 fully saturated rings. The molecule has 4 aromatic rings. The summed E-state index contributed by atoms with van der Waals surface area (Å²) in [5, 5.41) is 3.00. The van der Waals surface area contributed by atoms with Crippen LogP contribution in [0.1, 0.15) is 27.7 Å². The van der Waals surface area contributed by atoms with E-state index in [1.807, 2.05) is 54.1 Å².